The minimum Gasteiger partial charge on any atom is -0.493 e. The van der Waals surface area contributed by atoms with Crippen molar-refractivity contribution in [2.75, 3.05) is 44.5 Å². The number of nitrogens with one attached hydrogen (secondary N) is 1. The van der Waals surface area contributed by atoms with Gasteiger partial charge in [-0.15, -0.1) is 12.4 Å². The third kappa shape index (κ3) is 3.36. The van der Waals surface area contributed by atoms with Crippen LogP contribution < -0.4 is 25.4 Å². The molecule has 7 nitrogen and oxygen atoms in total. The van der Waals surface area contributed by atoms with Crippen LogP contribution >= 0.6 is 12.4 Å². The molecular formula is C16H23ClFN5O2. The number of ether oxygens (including phenoxy) is 2. The molecule has 1 saturated heterocycles. The zero-order valence-corrected chi connectivity index (χ0v) is 15.3. The number of nitrogens with zero attached hydrogens (tertiary/aromatic N) is 3. The molecule has 1 aliphatic heterocycles. The number of nitrogens with two attached hydrogens (primary N) is 1. The molecule has 9 heteroatoms. The Morgan fingerprint density at radius 1 is 1.36 bits per heavy atom. The lowest BCUT2D eigenvalue weighted by Gasteiger charge is -2.35. The van der Waals surface area contributed by atoms with Crippen molar-refractivity contribution in [1.82, 2.24) is 15.3 Å². The van der Waals surface area contributed by atoms with Crippen molar-refractivity contribution in [2.45, 2.75) is 19.4 Å². The first kappa shape index (κ1) is 19.3. The fraction of sp³-hybridized carbons (Fsp3) is 0.500. The third-order valence-corrected chi connectivity index (χ3v) is 4.37. The van der Waals surface area contributed by atoms with Crippen LogP contribution in [0.25, 0.3) is 10.9 Å². The molecule has 0 radical (unpaired) electrons. The molecule has 3 rings (SSSR count). The highest BCUT2D eigenvalue weighted by Crippen LogP contribution is 2.37. The Balaban J connectivity index is 0.00000225. The smallest absolute Gasteiger partial charge is 0.228 e. The molecule has 2 aromatic rings. The number of aromatic nitrogens is 2. The van der Waals surface area contributed by atoms with Crippen LogP contribution in [0.1, 0.15) is 13.3 Å². The highest BCUT2D eigenvalue weighted by Gasteiger charge is 2.25. The molecule has 1 atom stereocenters. The van der Waals surface area contributed by atoms with Crippen molar-refractivity contribution in [3.05, 3.63) is 11.9 Å². The van der Waals surface area contributed by atoms with Gasteiger partial charge in [0.1, 0.15) is 11.3 Å². The van der Waals surface area contributed by atoms with Crippen LogP contribution in [0.3, 0.4) is 0 Å². The fourth-order valence-electron chi connectivity index (χ4n) is 3.06. The third-order valence-electron chi connectivity index (χ3n) is 4.37. The van der Waals surface area contributed by atoms with E-state index in [9.17, 15) is 4.39 Å². The molecule has 1 aliphatic rings. The van der Waals surface area contributed by atoms with E-state index in [4.69, 9.17) is 15.2 Å². The van der Waals surface area contributed by atoms with Gasteiger partial charge in [-0.25, -0.2) is 9.37 Å². The van der Waals surface area contributed by atoms with Gasteiger partial charge in [-0.1, -0.05) is 6.92 Å². The first-order valence-electron chi connectivity index (χ1n) is 7.95. The number of methoxy groups -OCH3 is 2. The van der Waals surface area contributed by atoms with Gasteiger partial charge in [0.2, 0.25) is 5.95 Å². The second-order valence-corrected chi connectivity index (χ2v) is 5.69. The second kappa shape index (κ2) is 7.88. The molecule has 0 amide bonds. The molecule has 1 aromatic carbocycles. The van der Waals surface area contributed by atoms with Crippen LogP contribution in [0.4, 0.5) is 16.2 Å². The Labute approximate surface area is 152 Å². The number of hydrogen-bond donors (Lipinski definition) is 2. The molecule has 3 N–H and O–H groups in total. The average molecular weight is 372 g/mol. The zero-order chi connectivity index (χ0) is 17.3. The highest BCUT2D eigenvalue weighted by atomic mass is 35.5. The summed E-state index contributed by atoms with van der Waals surface area (Å²) in [5, 5.41) is 3.76. The number of nitrogen functional groups attached to an aromatic ring is 1. The van der Waals surface area contributed by atoms with E-state index in [1.54, 1.807) is 6.07 Å². The average Bonchev–Trinajstić information content (AvgIpc) is 2.61. The van der Waals surface area contributed by atoms with E-state index in [0.717, 1.165) is 26.1 Å². The van der Waals surface area contributed by atoms with Crippen LogP contribution in [0.5, 0.6) is 11.5 Å². The van der Waals surface area contributed by atoms with Gasteiger partial charge >= 0.3 is 0 Å². The van der Waals surface area contributed by atoms with E-state index >= 15 is 0 Å². The van der Waals surface area contributed by atoms with Crippen molar-refractivity contribution in [1.29, 1.82) is 0 Å². The van der Waals surface area contributed by atoms with Gasteiger partial charge in [0.15, 0.2) is 17.3 Å². The molecule has 0 aliphatic carbocycles. The predicted octanol–water partition coefficient (Wildman–Crippen LogP) is 1.98. The molecular weight excluding hydrogens is 349 g/mol. The van der Waals surface area contributed by atoms with Crippen molar-refractivity contribution in [2.24, 2.45) is 0 Å². The highest BCUT2D eigenvalue weighted by molar-refractivity contribution is 5.92. The first-order chi connectivity index (χ1) is 11.6. The molecule has 25 heavy (non-hydrogen) atoms. The number of rotatable bonds is 4. The van der Waals surface area contributed by atoms with Gasteiger partial charge in [0, 0.05) is 31.1 Å². The standard InChI is InChI=1S/C16H22FN5O2.ClH/c1-4-9-8-19-5-6-22(9)16-20-13-10(15(18)21-16)7-11(23-2)14(24-3)12(13)17;/h7,9,19H,4-6,8H2,1-3H3,(H2,18,20,21);1H/t9-;/m0./s1. The van der Waals surface area contributed by atoms with Crippen molar-refractivity contribution in [3.63, 3.8) is 0 Å². The van der Waals surface area contributed by atoms with Crippen molar-refractivity contribution >= 4 is 35.1 Å². The molecule has 0 unspecified atom stereocenters. The van der Waals surface area contributed by atoms with Gasteiger partial charge in [0.05, 0.1) is 14.2 Å². The van der Waals surface area contributed by atoms with Crippen LogP contribution in [-0.4, -0.2) is 49.9 Å². The number of halogens is 2. The van der Waals surface area contributed by atoms with E-state index in [1.165, 1.54) is 14.2 Å². The van der Waals surface area contributed by atoms with E-state index in [1.807, 2.05) is 0 Å². The Morgan fingerprint density at radius 3 is 2.76 bits per heavy atom. The summed E-state index contributed by atoms with van der Waals surface area (Å²) >= 11 is 0. The van der Waals surface area contributed by atoms with E-state index < -0.39 is 5.82 Å². The summed E-state index contributed by atoms with van der Waals surface area (Å²) in [4.78, 5) is 10.9. The lowest BCUT2D eigenvalue weighted by atomic mass is 10.1. The summed E-state index contributed by atoms with van der Waals surface area (Å²) < 4.78 is 25.1. The molecule has 138 valence electrons. The van der Waals surface area contributed by atoms with E-state index in [0.29, 0.717) is 11.3 Å². The summed E-state index contributed by atoms with van der Waals surface area (Å²) in [5.74, 6) is 0.355. The SMILES string of the molecule is CC[C@H]1CNCCN1c1nc(N)c2cc(OC)c(OC)c(F)c2n1.Cl. The van der Waals surface area contributed by atoms with E-state index in [2.05, 4.69) is 27.1 Å². The lowest BCUT2D eigenvalue weighted by Crippen LogP contribution is -2.51. The predicted molar refractivity (Wildman–Crippen MR) is 98.6 cm³/mol. The maximum Gasteiger partial charge on any atom is 0.228 e. The van der Waals surface area contributed by atoms with Crippen LogP contribution in [0.15, 0.2) is 6.07 Å². The number of anilines is 2. The summed E-state index contributed by atoms with van der Waals surface area (Å²) in [7, 11) is 2.84. The van der Waals surface area contributed by atoms with Gasteiger partial charge in [-0.05, 0) is 12.5 Å². The molecule has 2 heterocycles. The summed E-state index contributed by atoms with van der Waals surface area (Å²) in [6.45, 7) is 4.51. The normalized spacial score (nSPS) is 17.3. The van der Waals surface area contributed by atoms with Gasteiger partial charge in [-0.3, -0.25) is 0 Å². The van der Waals surface area contributed by atoms with Gasteiger partial charge in [0.25, 0.3) is 0 Å². The Morgan fingerprint density at radius 2 is 2.12 bits per heavy atom. The minimum absolute atomic E-state index is 0. The first-order valence-corrected chi connectivity index (χ1v) is 7.95. The summed E-state index contributed by atoms with van der Waals surface area (Å²) in [5.41, 5.74) is 6.22. The van der Waals surface area contributed by atoms with Gasteiger partial charge in [-0.2, -0.15) is 4.98 Å². The molecule has 0 bridgehead atoms. The Bertz CT molecular complexity index is 761. The van der Waals surface area contributed by atoms with Crippen LogP contribution in [-0.2, 0) is 0 Å². The van der Waals surface area contributed by atoms with Crippen molar-refractivity contribution < 1.29 is 13.9 Å². The molecule has 0 saturated carbocycles. The number of fused-ring (bicyclic) bond motifs is 1. The fourth-order valence-corrected chi connectivity index (χ4v) is 3.06. The largest absolute Gasteiger partial charge is 0.493 e. The molecule has 0 spiro atoms. The maximum atomic E-state index is 14.8. The maximum absolute atomic E-state index is 14.8. The minimum atomic E-state index is -0.592. The molecule has 1 aromatic heterocycles. The molecule has 1 fully saturated rings. The van der Waals surface area contributed by atoms with Crippen LogP contribution in [0, 0.1) is 5.82 Å². The van der Waals surface area contributed by atoms with Gasteiger partial charge < -0.3 is 25.4 Å². The number of piperazine rings is 1. The topological polar surface area (TPSA) is 85.5 Å². The second-order valence-electron chi connectivity index (χ2n) is 5.69. The van der Waals surface area contributed by atoms with Crippen LogP contribution in [0.2, 0.25) is 0 Å². The zero-order valence-electron chi connectivity index (χ0n) is 14.5. The van der Waals surface area contributed by atoms with Crippen molar-refractivity contribution in [3.8, 4) is 11.5 Å². The Kier molecular flexibility index (Phi) is 6.07. The summed E-state index contributed by atoms with van der Waals surface area (Å²) in [6.07, 6.45) is 0.933. The summed E-state index contributed by atoms with van der Waals surface area (Å²) in [6, 6.07) is 1.85. The number of hydrogen-bond acceptors (Lipinski definition) is 7. The monoisotopic (exact) mass is 371 g/mol. The number of benzene rings is 1. The Hall–Kier alpha value is -2.06. The quantitative estimate of drug-likeness (QED) is 0.849. The lowest BCUT2D eigenvalue weighted by molar-refractivity contribution is 0.339. The van der Waals surface area contributed by atoms with E-state index in [-0.39, 0.29) is 41.3 Å².